The summed E-state index contributed by atoms with van der Waals surface area (Å²) >= 11 is 0. The van der Waals surface area contributed by atoms with E-state index < -0.39 is 0 Å². The highest BCUT2D eigenvalue weighted by molar-refractivity contribution is 4.86. The summed E-state index contributed by atoms with van der Waals surface area (Å²) in [5.74, 6) is 0. The van der Waals surface area contributed by atoms with E-state index in [0.717, 1.165) is 13.1 Å². The second-order valence-electron chi connectivity index (χ2n) is 4.95. The topological polar surface area (TPSA) is 38.0 Å². The second-order valence-corrected chi connectivity index (χ2v) is 4.95. The van der Waals surface area contributed by atoms with Gasteiger partial charge in [0.2, 0.25) is 0 Å². The average molecular weight is 198 g/mol. The molecular formula is C12H26N2. The van der Waals surface area contributed by atoms with Gasteiger partial charge in [0.15, 0.2) is 0 Å². The van der Waals surface area contributed by atoms with E-state index in [1.54, 1.807) is 0 Å². The SMILES string of the molecule is CCC(C)NCC1(CN)CCCCC1. The maximum absolute atomic E-state index is 5.93. The molecule has 0 saturated heterocycles. The summed E-state index contributed by atoms with van der Waals surface area (Å²) in [6.45, 7) is 6.47. The molecule has 1 atom stereocenters. The van der Waals surface area contributed by atoms with Crippen molar-refractivity contribution in [1.29, 1.82) is 0 Å². The fourth-order valence-corrected chi connectivity index (χ4v) is 2.29. The normalized spacial score (nSPS) is 23.4. The van der Waals surface area contributed by atoms with Crippen LogP contribution in [-0.2, 0) is 0 Å². The van der Waals surface area contributed by atoms with Gasteiger partial charge in [-0.2, -0.15) is 0 Å². The lowest BCUT2D eigenvalue weighted by Gasteiger charge is -2.37. The molecule has 0 radical (unpaired) electrons. The van der Waals surface area contributed by atoms with Gasteiger partial charge in [-0.05, 0) is 38.1 Å². The minimum absolute atomic E-state index is 0.418. The van der Waals surface area contributed by atoms with Crippen molar-refractivity contribution in [3.8, 4) is 0 Å². The van der Waals surface area contributed by atoms with Gasteiger partial charge in [0.1, 0.15) is 0 Å². The average Bonchev–Trinajstić information content (AvgIpc) is 2.27. The number of nitrogens with two attached hydrogens (primary N) is 1. The quantitative estimate of drug-likeness (QED) is 0.711. The van der Waals surface area contributed by atoms with Crippen molar-refractivity contribution in [2.24, 2.45) is 11.1 Å². The van der Waals surface area contributed by atoms with Crippen molar-refractivity contribution in [3.63, 3.8) is 0 Å². The highest BCUT2D eigenvalue weighted by Crippen LogP contribution is 2.34. The zero-order valence-corrected chi connectivity index (χ0v) is 9.81. The minimum Gasteiger partial charge on any atom is -0.330 e. The van der Waals surface area contributed by atoms with Crippen molar-refractivity contribution in [3.05, 3.63) is 0 Å². The molecule has 1 rings (SSSR count). The van der Waals surface area contributed by atoms with Crippen LogP contribution >= 0.6 is 0 Å². The van der Waals surface area contributed by atoms with Crippen LogP contribution in [0.25, 0.3) is 0 Å². The number of nitrogens with one attached hydrogen (secondary N) is 1. The molecule has 1 fully saturated rings. The Labute approximate surface area is 88.6 Å². The number of hydrogen-bond donors (Lipinski definition) is 2. The van der Waals surface area contributed by atoms with E-state index in [4.69, 9.17) is 5.73 Å². The first-order valence-electron chi connectivity index (χ1n) is 6.16. The van der Waals surface area contributed by atoms with Crippen LogP contribution in [0, 0.1) is 5.41 Å². The van der Waals surface area contributed by atoms with Crippen LogP contribution in [-0.4, -0.2) is 19.1 Å². The maximum Gasteiger partial charge on any atom is 0.00363 e. The van der Waals surface area contributed by atoms with E-state index >= 15 is 0 Å². The molecule has 0 aromatic rings. The van der Waals surface area contributed by atoms with Gasteiger partial charge in [-0.25, -0.2) is 0 Å². The Hall–Kier alpha value is -0.0800. The van der Waals surface area contributed by atoms with Crippen molar-refractivity contribution in [1.82, 2.24) is 5.32 Å². The summed E-state index contributed by atoms with van der Waals surface area (Å²) < 4.78 is 0. The molecule has 0 aromatic heterocycles. The van der Waals surface area contributed by atoms with Crippen molar-refractivity contribution in [2.45, 2.75) is 58.4 Å². The Morgan fingerprint density at radius 2 is 1.93 bits per heavy atom. The summed E-state index contributed by atoms with van der Waals surface area (Å²) in [7, 11) is 0. The lowest BCUT2D eigenvalue weighted by Crippen LogP contribution is -2.44. The molecule has 2 heteroatoms. The molecule has 1 aliphatic carbocycles. The summed E-state index contributed by atoms with van der Waals surface area (Å²) in [6, 6.07) is 0.639. The molecule has 0 amide bonds. The predicted molar refractivity (Wildman–Crippen MR) is 62.3 cm³/mol. The van der Waals surface area contributed by atoms with E-state index in [9.17, 15) is 0 Å². The van der Waals surface area contributed by atoms with Crippen LogP contribution in [0.1, 0.15) is 52.4 Å². The van der Waals surface area contributed by atoms with Gasteiger partial charge < -0.3 is 11.1 Å². The fraction of sp³-hybridized carbons (Fsp3) is 1.00. The van der Waals surface area contributed by atoms with Gasteiger partial charge >= 0.3 is 0 Å². The Balaban J connectivity index is 2.36. The maximum atomic E-state index is 5.93. The number of rotatable bonds is 5. The van der Waals surface area contributed by atoms with Crippen LogP contribution in [0.3, 0.4) is 0 Å². The molecule has 0 bridgehead atoms. The first-order chi connectivity index (χ1) is 6.72. The lowest BCUT2D eigenvalue weighted by molar-refractivity contribution is 0.185. The van der Waals surface area contributed by atoms with Crippen molar-refractivity contribution < 1.29 is 0 Å². The molecule has 1 unspecified atom stereocenters. The molecule has 2 nitrogen and oxygen atoms in total. The van der Waals surface area contributed by atoms with E-state index in [1.165, 1.54) is 38.5 Å². The second kappa shape index (κ2) is 5.72. The minimum atomic E-state index is 0.418. The van der Waals surface area contributed by atoms with E-state index in [1.807, 2.05) is 0 Å². The third kappa shape index (κ3) is 3.25. The van der Waals surface area contributed by atoms with Gasteiger partial charge in [0, 0.05) is 12.6 Å². The van der Waals surface area contributed by atoms with Crippen molar-refractivity contribution in [2.75, 3.05) is 13.1 Å². The Kier molecular flexibility index (Phi) is 4.90. The van der Waals surface area contributed by atoms with E-state index in [2.05, 4.69) is 19.2 Å². The van der Waals surface area contributed by atoms with Gasteiger partial charge in [0.25, 0.3) is 0 Å². The van der Waals surface area contributed by atoms with Gasteiger partial charge in [0.05, 0.1) is 0 Å². The monoisotopic (exact) mass is 198 g/mol. The summed E-state index contributed by atoms with van der Waals surface area (Å²) in [5, 5.41) is 3.61. The first-order valence-corrected chi connectivity index (χ1v) is 6.16. The fourth-order valence-electron chi connectivity index (χ4n) is 2.29. The molecule has 0 heterocycles. The van der Waals surface area contributed by atoms with E-state index in [0.29, 0.717) is 11.5 Å². The largest absolute Gasteiger partial charge is 0.330 e. The van der Waals surface area contributed by atoms with Gasteiger partial charge in [-0.15, -0.1) is 0 Å². The predicted octanol–water partition coefficient (Wildman–Crippen LogP) is 2.28. The van der Waals surface area contributed by atoms with Crippen LogP contribution < -0.4 is 11.1 Å². The summed E-state index contributed by atoms with van der Waals surface area (Å²) in [4.78, 5) is 0. The van der Waals surface area contributed by atoms with Crippen LogP contribution in [0.2, 0.25) is 0 Å². The summed E-state index contributed by atoms with van der Waals surface area (Å²) in [5.41, 5.74) is 6.34. The smallest absolute Gasteiger partial charge is 0.00363 e. The molecular weight excluding hydrogens is 172 g/mol. The molecule has 0 aliphatic heterocycles. The lowest BCUT2D eigenvalue weighted by atomic mass is 9.74. The standard InChI is InChI=1S/C12H26N2/c1-3-11(2)14-10-12(9-13)7-5-4-6-8-12/h11,14H,3-10,13H2,1-2H3. The van der Waals surface area contributed by atoms with Gasteiger partial charge in [-0.1, -0.05) is 26.2 Å². The molecule has 84 valence electrons. The molecule has 14 heavy (non-hydrogen) atoms. The highest BCUT2D eigenvalue weighted by atomic mass is 14.9. The van der Waals surface area contributed by atoms with Crippen LogP contribution in [0.4, 0.5) is 0 Å². The molecule has 1 aliphatic rings. The zero-order valence-electron chi connectivity index (χ0n) is 9.81. The molecule has 0 aromatic carbocycles. The Morgan fingerprint density at radius 3 is 2.43 bits per heavy atom. The van der Waals surface area contributed by atoms with Crippen molar-refractivity contribution >= 4 is 0 Å². The first kappa shape index (κ1) is 12.0. The van der Waals surface area contributed by atoms with Gasteiger partial charge in [-0.3, -0.25) is 0 Å². The molecule has 0 spiro atoms. The van der Waals surface area contributed by atoms with Crippen LogP contribution in [0.15, 0.2) is 0 Å². The number of hydrogen-bond acceptors (Lipinski definition) is 2. The Morgan fingerprint density at radius 1 is 1.29 bits per heavy atom. The summed E-state index contributed by atoms with van der Waals surface area (Å²) in [6.07, 6.45) is 8.02. The molecule has 1 saturated carbocycles. The van der Waals surface area contributed by atoms with Crippen LogP contribution in [0.5, 0.6) is 0 Å². The highest BCUT2D eigenvalue weighted by Gasteiger charge is 2.30. The molecule has 3 N–H and O–H groups in total. The van der Waals surface area contributed by atoms with E-state index in [-0.39, 0.29) is 0 Å². The Bertz CT molecular complexity index is 150. The third-order valence-corrected chi connectivity index (χ3v) is 3.79. The third-order valence-electron chi connectivity index (χ3n) is 3.79. The zero-order chi connectivity index (χ0) is 10.4.